The molecule has 1 aliphatic heterocycles. The molecule has 0 atom stereocenters. The van der Waals surface area contributed by atoms with Gasteiger partial charge in [0.1, 0.15) is 5.82 Å². The summed E-state index contributed by atoms with van der Waals surface area (Å²) < 4.78 is 1.63. The summed E-state index contributed by atoms with van der Waals surface area (Å²) in [7, 11) is 1.80. The van der Waals surface area contributed by atoms with E-state index in [9.17, 15) is 4.79 Å². The van der Waals surface area contributed by atoms with Crippen LogP contribution in [-0.4, -0.2) is 15.7 Å². The van der Waals surface area contributed by atoms with Crippen LogP contribution in [0.15, 0.2) is 18.3 Å². The fourth-order valence-electron chi connectivity index (χ4n) is 2.37. The molecule has 0 spiro atoms. The largest absolute Gasteiger partial charge is 0.383 e. The van der Waals surface area contributed by atoms with Crippen molar-refractivity contribution in [1.82, 2.24) is 9.78 Å². The quantitative estimate of drug-likeness (QED) is 0.795. The van der Waals surface area contributed by atoms with Crippen LogP contribution in [0.25, 0.3) is 11.1 Å². The molecule has 2 heterocycles. The van der Waals surface area contributed by atoms with Crippen molar-refractivity contribution in [3.63, 3.8) is 0 Å². The predicted molar refractivity (Wildman–Crippen MR) is 70.1 cm³/mol. The van der Waals surface area contributed by atoms with Gasteiger partial charge in [-0.25, -0.2) is 0 Å². The predicted octanol–water partition coefficient (Wildman–Crippen LogP) is 1.47. The molecule has 1 aromatic heterocycles. The van der Waals surface area contributed by atoms with Gasteiger partial charge >= 0.3 is 0 Å². The van der Waals surface area contributed by atoms with E-state index in [1.807, 2.05) is 19.1 Å². The summed E-state index contributed by atoms with van der Waals surface area (Å²) in [5.74, 6) is 0.628. The van der Waals surface area contributed by atoms with E-state index < -0.39 is 0 Å². The number of nitrogens with zero attached hydrogens (tertiary/aromatic N) is 2. The van der Waals surface area contributed by atoms with Gasteiger partial charge in [-0.2, -0.15) is 5.10 Å². The van der Waals surface area contributed by atoms with E-state index in [0.29, 0.717) is 12.2 Å². The molecule has 1 aliphatic rings. The second kappa shape index (κ2) is 3.60. The molecule has 3 N–H and O–H groups in total. The van der Waals surface area contributed by atoms with Gasteiger partial charge in [-0.15, -0.1) is 0 Å². The van der Waals surface area contributed by atoms with Gasteiger partial charge in [0.2, 0.25) is 5.91 Å². The average molecular weight is 242 g/mol. The lowest BCUT2D eigenvalue weighted by Gasteiger charge is -2.09. The summed E-state index contributed by atoms with van der Waals surface area (Å²) in [6.45, 7) is 2.01. The standard InChI is InChI=1S/C13H14N4O/c1-7-3-8-5-11(18)16-12(8)9(4-7)10-6-15-17(2)13(10)14/h3-4,6H,5,14H2,1-2H3,(H,16,18). The van der Waals surface area contributed by atoms with Gasteiger partial charge in [-0.05, 0) is 18.6 Å². The van der Waals surface area contributed by atoms with Crippen LogP contribution in [-0.2, 0) is 18.3 Å². The SMILES string of the molecule is Cc1cc2c(c(-c3cnn(C)c3N)c1)NC(=O)C2. The highest BCUT2D eigenvalue weighted by Gasteiger charge is 2.23. The lowest BCUT2D eigenvalue weighted by molar-refractivity contribution is -0.115. The Morgan fingerprint density at radius 3 is 2.83 bits per heavy atom. The average Bonchev–Trinajstić information content (AvgIpc) is 2.82. The number of hydrogen-bond donors (Lipinski definition) is 2. The molecule has 3 rings (SSSR count). The van der Waals surface area contributed by atoms with Crippen LogP contribution < -0.4 is 11.1 Å². The normalized spacial score (nSPS) is 13.6. The first-order valence-corrected chi connectivity index (χ1v) is 5.77. The Labute approximate surface area is 105 Å². The number of carbonyl (C=O) groups excluding carboxylic acids is 1. The number of anilines is 2. The highest BCUT2D eigenvalue weighted by Crippen LogP contribution is 2.38. The minimum absolute atomic E-state index is 0.0271. The Bertz CT molecular complexity index is 657. The number of aryl methyl sites for hydroxylation is 2. The van der Waals surface area contributed by atoms with Crippen LogP contribution in [0.1, 0.15) is 11.1 Å². The van der Waals surface area contributed by atoms with E-state index in [2.05, 4.69) is 10.4 Å². The molecule has 5 heteroatoms. The van der Waals surface area contributed by atoms with E-state index in [1.165, 1.54) is 0 Å². The Kier molecular flexibility index (Phi) is 2.16. The molecule has 0 radical (unpaired) electrons. The molecule has 92 valence electrons. The molecule has 5 nitrogen and oxygen atoms in total. The number of benzene rings is 1. The second-order valence-electron chi connectivity index (χ2n) is 4.64. The van der Waals surface area contributed by atoms with Crippen LogP contribution in [0.5, 0.6) is 0 Å². The number of aromatic nitrogens is 2. The fraction of sp³-hybridized carbons (Fsp3) is 0.231. The van der Waals surface area contributed by atoms with E-state index in [4.69, 9.17) is 5.73 Å². The van der Waals surface area contributed by atoms with E-state index in [-0.39, 0.29) is 5.91 Å². The number of nitrogens with one attached hydrogen (secondary N) is 1. The molecule has 0 fully saturated rings. The molecule has 0 saturated carbocycles. The van der Waals surface area contributed by atoms with Crippen molar-refractivity contribution >= 4 is 17.4 Å². The van der Waals surface area contributed by atoms with Crippen LogP contribution in [0, 0.1) is 6.92 Å². The van der Waals surface area contributed by atoms with Crippen molar-refractivity contribution in [1.29, 1.82) is 0 Å². The van der Waals surface area contributed by atoms with E-state index >= 15 is 0 Å². The van der Waals surface area contributed by atoms with Crippen molar-refractivity contribution < 1.29 is 4.79 Å². The Morgan fingerprint density at radius 1 is 1.39 bits per heavy atom. The van der Waals surface area contributed by atoms with Gasteiger partial charge in [0.05, 0.1) is 18.3 Å². The zero-order valence-electron chi connectivity index (χ0n) is 10.3. The van der Waals surface area contributed by atoms with Gasteiger partial charge in [0.15, 0.2) is 0 Å². The molecule has 0 bridgehead atoms. The maximum Gasteiger partial charge on any atom is 0.228 e. The minimum atomic E-state index is 0.0271. The van der Waals surface area contributed by atoms with E-state index in [0.717, 1.165) is 27.9 Å². The number of amides is 1. The highest BCUT2D eigenvalue weighted by molar-refractivity contribution is 6.04. The maximum atomic E-state index is 11.5. The van der Waals surface area contributed by atoms with Crippen molar-refractivity contribution in [2.24, 2.45) is 7.05 Å². The Balaban J connectivity index is 2.25. The number of hydrogen-bond acceptors (Lipinski definition) is 3. The first kappa shape index (κ1) is 10.8. The number of fused-ring (bicyclic) bond motifs is 1. The molecule has 1 amide bonds. The van der Waals surface area contributed by atoms with Crippen LogP contribution in [0.3, 0.4) is 0 Å². The summed E-state index contributed by atoms with van der Waals surface area (Å²) in [5.41, 5.74) is 10.8. The molecular weight excluding hydrogens is 228 g/mol. The smallest absolute Gasteiger partial charge is 0.228 e. The van der Waals surface area contributed by atoms with Crippen molar-refractivity contribution in [3.8, 4) is 11.1 Å². The Hall–Kier alpha value is -2.30. The molecule has 2 aromatic rings. The Morgan fingerprint density at radius 2 is 2.17 bits per heavy atom. The molecular formula is C13H14N4O. The molecule has 0 aliphatic carbocycles. The molecule has 1 aromatic carbocycles. The third-order valence-electron chi connectivity index (χ3n) is 3.25. The molecule has 18 heavy (non-hydrogen) atoms. The zero-order valence-corrected chi connectivity index (χ0v) is 10.3. The first-order valence-electron chi connectivity index (χ1n) is 5.77. The van der Waals surface area contributed by atoms with E-state index in [1.54, 1.807) is 17.9 Å². The van der Waals surface area contributed by atoms with Crippen molar-refractivity contribution in [2.45, 2.75) is 13.3 Å². The van der Waals surface area contributed by atoms with Gasteiger partial charge in [0.25, 0.3) is 0 Å². The number of nitrogens with two attached hydrogens (primary N) is 1. The van der Waals surface area contributed by atoms with Crippen LogP contribution in [0.2, 0.25) is 0 Å². The first-order chi connectivity index (χ1) is 8.56. The lowest BCUT2D eigenvalue weighted by Crippen LogP contribution is -2.04. The summed E-state index contributed by atoms with van der Waals surface area (Å²) in [6, 6.07) is 4.06. The topological polar surface area (TPSA) is 72.9 Å². The number of carbonyl (C=O) groups is 1. The fourth-order valence-corrected chi connectivity index (χ4v) is 2.37. The third kappa shape index (κ3) is 1.48. The van der Waals surface area contributed by atoms with Gasteiger partial charge < -0.3 is 11.1 Å². The zero-order chi connectivity index (χ0) is 12.9. The summed E-state index contributed by atoms with van der Waals surface area (Å²) in [5, 5.41) is 7.04. The number of rotatable bonds is 1. The lowest BCUT2D eigenvalue weighted by atomic mass is 9.99. The summed E-state index contributed by atoms with van der Waals surface area (Å²) in [6.07, 6.45) is 2.17. The monoisotopic (exact) mass is 242 g/mol. The van der Waals surface area contributed by atoms with Crippen LogP contribution >= 0.6 is 0 Å². The van der Waals surface area contributed by atoms with Crippen molar-refractivity contribution in [3.05, 3.63) is 29.5 Å². The van der Waals surface area contributed by atoms with Gasteiger partial charge in [-0.3, -0.25) is 9.48 Å². The summed E-state index contributed by atoms with van der Waals surface area (Å²) in [4.78, 5) is 11.5. The van der Waals surface area contributed by atoms with Crippen LogP contribution in [0.4, 0.5) is 11.5 Å². The van der Waals surface area contributed by atoms with Crippen molar-refractivity contribution in [2.75, 3.05) is 11.1 Å². The maximum absolute atomic E-state index is 11.5. The number of nitrogen functional groups attached to an aromatic ring is 1. The molecule has 0 saturated heterocycles. The summed E-state index contributed by atoms with van der Waals surface area (Å²) >= 11 is 0. The second-order valence-corrected chi connectivity index (χ2v) is 4.64. The van der Waals surface area contributed by atoms with Gasteiger partial charge in [0, 0.05) is 18.2 Å². The highest BCUT2D eigenvalue weighted by atomic mass is 16.1. The minimum Gasteiger partial charge on any atom is -0.383 e. The van der Waals surface area contributed by atoms with Gasteiger partial charge in [-0.1, -0.05) is 11.6 Å². The third-order valence-corrected chi connectivity index (χ3v) is 3.25. The molecule has 0 unspecified atom stereocenters.